The smallest absolute Gasteiger partial charge is 0.113 e. The number of likely N-dealkylation sites (N-methyl/N-ethyl adjacent to an activating group) is 1. The number of para-hydroxylation sites is 1. The summed E-state index contributed by atoms with van der Waals surface area (Å²) in [7, 11) is 1.99. The van der Waals surface area contributed by atoms with Crippen LogP contribution in [0.5, 0.6) is 0 Å². The molecule has 0 saturated carbocycles. The Hall–Kier alpha value is -2.20. The second kappa shape index (κ2) is 6.06. The van der Waals surface area contributed by atoms with E-state index in [0.29, 0.717) is 5.92 Å². The zero-order chi connectivity index (χ0) is 14.7. The molecule has 1 atom stereocenters. The van der Waals surface area contributed by atoms with Crippen molar-refractivity contribution in [2.24, 2.45) is 0 Å². The highest BCUT2D eigenvalue weighted by Crippen LogP contribution is 2.17. The van der Waals surface area contributed by atoms with Gasteiger partial charge in [0.05, 0.1) is 12.1 Å². The van der Waals surface area contributed by atoms with Crippen molar-refractivity contribution >= 4 is 11.0 Å². The predicted molar refractivity (Wildman–Crippen MR) is 85.4 cm³/mol. The SMILES string of the molecule is CNCC(C)c1ccc(Cn2nnc3ccccc32)cc1. The van der Waals surface area contributed by atoms with E-state index < -0.39 is 0 Å². The maximum Gasteiger partial charge on any atom is 0.113 e. The van der Waals surface area contributed by atoms with Gasteiger partial charge in [0.15, 0.2) is 0 Å². The standard InChI is InChI=1S/C17H20N4/c1-13(11-18-2)15-9-7-14(8-10-15)12-21-17-6-4-3-5-16(17)19-20-21/h3-10,13,18H,11-12H2,1-2H3. The Kier molecular flexibility index (Phi) is 3.97. The van der Waals surface area contributed by atoms with E-state index in [4.69, 9.17) is 0 Å². The number of aromatic nitrogens is 3. The number of fused-ring (bicyclic) bond motifs is 1. The van der Waals surface area contributed by atoms with Crippen LogP contribution < -0.4 is 5.32 Å². The van der Waals surface area contributed by atoms with Crippen molar-refractivity contribution in [2.45, 2.75) is 19.4 Å². The molecule has 0 aliphatic carbocycles. The van der Waals surface area contributed by atoms with Crippen molar-refractivity contribution in [3.05, 3.63) is 59.7 Å². The average Bonchev–Trinajstić information content (AvgIpc) is 2.92. The first-order chi connectivity index (χ1) is 10.3. The molecule has 1 N–H and O–H groups in total. The van der Waals surface area contributed by atoms with Crippen LogP contribution in [-0.2, 0) is 6.54 Å². The minimum absolute atomic E-state index is 0.524. The molecule has 0 bridgehead atoms. The first-order valence-corrected chi connectivity index (χ1v) is 7.29. The summed E-state index contributed by atoms with van der Waals surface area (Å²) >= 11 is 0. The van der Waals surface area contributed by atoms with Gasteiger partial charge in [-0.25, -0.2) is 4.68 Å². The van der Waals surface area contributed by atoms with Gasteiger partial charge in [-0.2, -0.15) is 0 Å². The highest BCUT2D eigenvalue weighted by atomic mass is 15.4. The summed E-state index contributed by atoms with van der Waals surface area (Å²) in [5.41, 5.74) is 4.62. The molecule has 2 aromatic carbocycles. The molecular weight excluding hydrogens is 260 g/mol. The first kappa shape index (κ1) is 13.8. The second-order valence-electron chi connectivity index (χ2n) is 5.44. The van der Waals surface area contributed by atoms with Crippen molar-refractivity contribution in [3.8, 4) is 0 Å². The number of nitrogens with one attached hydrogen (secondary N) is 1. The van der Waals surface area contributed by atoms with Crippen LogP contribution >= 0.6 is 0 Å². The van der Waals surface area contributed by atoms with Crippen LogP contribution in [0.1, 0.15) is 24.0 Å². The molecule has 0 amide bonds. The van der Waals surface area contributed by atoms with Crippen LogP contribution in [0.15, 0.2) is 48.5 Å². The second-order valence-corrected chi connectivity index (χ2v) is 5.44. The maximum atomic E-state index is 4.23. The van der Waals surface area contributed by atoms with Gasteiger partial charge in [-0.15, -0.1) is 5.10 Å². The number of hydrogen-bond donors (Lipinski definition) is 1. The van der Waals surface area contributed by atoms with Gasteiger partial charge in [-0.05, 0) is 36.2 Å². The van der Waals surface area contributed by atoms with E-state index in [1.807, 2.05) is 29.9 Å². The summed E-state index contributed by atoms with van der Waals surface area (Å²) in [4.78, 5) is 0. The normalized spacial score (nSPS) is 12.7. The van der Waals surface area contributed by atoms with Crippen LogP contribution in [0.2, 0.25) is 0 Å². The third kappa shape index (κ3) is 2.95. The van der Waals surface area contributed by atoms with E-state index in [-0.39, 0.29) is 0 Å². The van der Waals surface area contributed by atoms with E-state index in [2.05, 4.69) is 52.9 Å². The highest BCUT2D eigenvalue weighted by molar-refractivity contribution is 5.73. The fourth-order valence-electron chi connectivity index (χ4n) is 2.58. The minimum atomic E-state index is 0.524. The molecule has 1 aromatic heterocycles. The lowest BCUT2D eigenvalue weighted by Crippen LogP contribution is -2.14. The molecule has 21 heavy (non-hydrogen) atoms. The molecule has 0 fully saturated rings. The molecule has 0 aliphatic heterocycles. The van der Waals surface area contributed by atoms with Crippen LogP contribution in [0.4, 0.5) is 0 Å². The molecule has 1 unspecified atom stereocenters. The first-order valence-electron chi connectivity index (χ1n) is 7.29. The molecule has 0 radical (unpaired) electrons. The van der Waals surface area contributed by atoms with E-state index >= 15 is 0 Å². The van der Waals surface area contributed by atoms with Crippen molar-refractivity contribution in [1.29, 1.82) is 0 Å². The average molecular weight is 280 g/mol. The predicted octanol–water partition coefficient (Wildman–Crippen LogP) is 2.80. The van der Waals surface area contributed by atoms with Gasteiger partial charge in [0.2, 0.25) is 0 Å². The van der Waals surface area contributed by atoms with E-state index in [1.54, 1.807) is 0 Å². The molecule has 108 valence electrons. The lowest BCUT2D eigenvalue weighted by molar-refractivity contribution is 0.665. The Bertz CT molecular complexity index is 715. The van der Waals surface area contributed by atoms with Gasteiger partial charge in [-0.1, -0.05) is 48.5 Å². The van der Waals surface area contributed by atoms with Gasteiger partial charge in [0, 0.05) is 6.54 Å². The Labute approximate surface area is 124 Å². The Balaban J connectivity index is 1.79. The molecule has 3 aromatic rings. The van der Waals surface area contributed by atoms with Crippen LogP contribution in [0.25, 0.3) is 11.0 Å². The number of nitrogens with zero attached hydrogens (tertiary/aromatic N) is 3. The van der Waals surface area contributed by atoms with Gasteiger partial charge < -0.3 is 5.32 Å². The molecule has 0 aliphatic rings. The fraction of sp³-hybridized carbons (Fsp3) is 0.294. The molecule has 3 rings (SSSR count). The lowest BCUT2D eigenvalue weighted by Gasteiger charge is -2.11. The summed E-state index contributed by atoms with van der Waals surface area (Å²) in [6, 6.07) is 16.8. The third-order valence-corrected chi connectivity index (χ3v) is 3.81. The summed E-state index contributed by atoms with van der Waals surface area (Å²) in [6.45, 7) is 3.98. The van der Waals surface area contributed by atoms with Crippen molar-refractivity contribution in [1.82, 2.24) is 20.3 Å². The minimum Gasteiger partial charge on any atom is -0.319 e. The Morgan fingerprint density at radius 3 is 2.62 bits per heavy atom. The Morgan fingerprint density at radius 2 is 1.86 bits per heavy atom. The van der Waals surface area contributed by atoms with Gasteiger partial charge >= 0.3 is 0 Å². The summed E-state index contributed by atoms with van der Waals surface area (Å²) in [5.74, 6) is 0.524. The summed E-state index contributed by atoms with van der Waals surface area (Å²) < 4.78 is 1.95. The van der Waals surface area contributed by atoms with Crippen molar-refractivity contribution in [3.63, 3.8) is 0 Å². The molecular formula is C17H20N4. The number of benzene rings is 2. The largest absolute Gasteiger partial charge is 0.319 e. The Morgan fingerprint density at radius 1 is 1.10 bits per heavy atom. The quantitative estimate of drug-likeness (QED) is 0.781. The molecule has 4 heteroatoms. The molecule has 4 nitrogen and oxygen atoms in total. The van der Waals surface area contributed by atoms with Gasteiger partial charge in [-0.3, -0.25) is 0 Å². The van der Waals surface area contributed by atoms with E-state index in [9.17, 15) is 0 Å². The molecule has 0 saturated heterocycles. The molecule has 0 spiro atoms. The number of hydrogen-bond acceptors (Lipinski definition) is 3. The van der Waals surface area contributed by atoms with E-state index in [1.165, 1.54) is 11.1 Å². The highest BCUT2D eigenvalue weighted by Gasteiger charge is 2.06. The van der Waals surface area contributed by atoms with Crippen LogP contribution in [-0.4, -0.2) is 28.6 Å². The zero-order valence-corrected chi connectivity index (χ0v) is 12.5. The van der Waals surface area contributed by atoms with E-state index in [0.717, 1.165) is 24.1 Å². The lowest BCUT2D eigenvalue weighted by atomic mass is 10.00. The van der Waals surface area contributed by atoms with Crippen molar-refractivity contribution < 1.29 is 0 Å². The third-order valence-electron chi connectivity index (χ3n) is 3.81. The summed E-state index contributed by atoms with van der Waals surface area (Å²) in [5, 5.41) is 11.6. The van der Waals surface area contributed by atoms with Crippen LogP contribution in [0.3, 0.4) is 0 Å². The zero-order valence-electron chi connectivity index (χ0n) is 12.5. The maximum absolute atomic E-state index is 4.23. The van der Waals surface area contributed by atoms with Gasteiger partial charge in [0.25, 0.3) is 0 Å². The topological polar surface area (TPSA) is 42.7 Å². The molecule has 1 heterocycles. The van der Waals surface area contributed by atoms with Gasteiger partial charge in [0.1, 0.15) is 5.52 Å². The monoisotopic (exact) mass is 280 g/mol. The van der Waals surface area contributed by atoms with Crippen LogP contribution in [0, 0.1) is 0 Å². The summed E-state index contributed by atoms with van der Waals surface area (Å²) in [6.07, 6.45) is 0. The fourth-order valence-corrected chi connectivity index (χ4v) is 2.58. The number of rotatable bonds is 5. The van der Waals surface area contributed by atoms with Crippen molar-refractivity contribution in [2.75, 3.05) is 13.6 Å².